The van der Waals surface area contributed by atoms with Crippen LogP contribution in [0.25, 0.3) is 11.1 Å². The normalized spacial score (nSPS) is 14.1. The number of sulfonamides is 1. The molecule has 5 aromatic rings. The van der Waals surface area contributed by atoms with Crippen LogP contribution in [0.1, 0.15) is 28.9 Å². The number of nitrogens with zero attached hydrogens (tertiary/aromatic N) is 3. The quantitative estimate of drug-likeness (QED) is 0.0637. The Bertz CT molecular complexity index is 2070. The van der Waals surface area contributed by atoms with Gasteiger partial charge in [0.25, 0.3) is 15.9 Å². The molecule has 6 rings (SSSR count). The second kappa shape index (κ2) is 16.2. The lowest BCUT2D eigenvalue weighted by molar-refractivity contribution is 0.0981. The molecule has 262 valence electrons. The second-order valence-corrected chi connectivity index (χ2v) is 15.1. The fraction of sp³-hybridized carbons (Fsp3) is 0.205. The Balaban J connectivity index is 1.000. The van der Waals surface area contributed by atoms with E-state index in [1.165, 1.54) is 17.7 Å². The highest BCUT2D eigenvalue weighted by Crippen LogP contribution is 2.30. The molecule has 1 unspecified atom stereocenters. The smallest absolute Gasteiger partial charge is 0.264 e. The zero-order valence-electron chi connectivity index (χ0n) is 28.1. The maximum atomic E-state index is 13.1. The van der Waals surface area contributed by atoms with Gasteiger partial charge in [0, 0.05) is 60.7 Å². The summed E-state index contributed by atoms with van der Waals surface area (Å²) in [5.41, 5.74) is 4.75. The number of benzene rings is 5. The molecule has 1 saturated heterocycles. The standard InChI is InChI=1S/C39H39N5O5S2/c1-28(29-10-12-30(13-11-29)32-6-5-7-34(45)26-32)43-21-23-44(24-22-43)33-16-14-31(15-17-33)39(46)42-51(48,49)36-18-19-37(38(27-36)41-47)40-20-25-50-35-8-3-2-4-9-35/h2-19,26-28,40,45H,20-25H2,1H3,(H,42,46). The van der Waals surface area contributed by atoms with Crippen molar-refractivity contribution < 1.29 is 18.3 Å². The highest BCUT2D eigenvalue weighted by Gasteiger charge is 2.24. The van der Waals surface area contributed by atoms with Gasteiger partial charge in [-0.3, -0.25) is 9.69 Å². The molecule has 12 heteroatoms. The van der Waals surface area contributed by atoms with Crippen LogP contribution in [0.2, 0.25) is 0 Å². The average molecular weight is 722 g/mol. The third-order valence-electron chi connectivity index (χ3n) is 8.96. The van der Waals surface area contributed by atoms with Crippen molar-refractivity contribution >= 4 is 44.8 Å². The Morgan fingerprint density at radius 1 is 0.843 bits per heavy atom. The molecule has 10 nitrogen and oxygen atoms in total. The molecule has 1 atom stereocenters. The first kappa shape index (κ1) is 35.6. The second-order valence-electron chi connectivity index (χ2n) is 12.2. The van der Waals surface area contributed by atoms with Gasteiger partial charge in [0.15, 0.2) is 0 Å². The molecule has 1 aliphatic heterocycles. The predicted octanol–water partition coefficient (Wildman–Crippen LogP) is 7.66. The van der Waals surface area contributed by atoms with E-state index in [-0.39, 0.29) is 27.9 Å². The van der Waals surface area contributed by atoms with Gasteiger partial charge in [0.2, 0.25) is 0 Å². The summed E-state index contributed by atoms with van der Waals surface area (Å²) in [4.78, 5) is 30.1. The molecule has 51 heavy (non-hydrogen) atoms. The summed E-state index contributed by atoms with van der Waals surface area (Å²) >= 11 is 1.65. The van der Waals surface area contributed by atoms with Gasteiger partial charge in [0.1, 0.15) is 11.4 Å². The fourth-order valence-corrected chi connectivity index (χ4v) is 7.84. The van der Waals surface area contributed by atoms with Gasteiger partial charge in [-0.05, 0) is 95.5 Å². The molecule has 1 aliphatic rings. The van der Waals surface area contributed by atoms with Gasteiger partial charge in [-0.25, -0.2) is 13.1 Å². The molecule has 5 aromatic carbocycles. The van der Waals surface area contributed by atoms with Crippen molar-refractivity contribution in [1.82, 2.24) is 9.62 Å². The molecule has 0 bridgehead atoms. The van der Waals surface area contributed by atoms with Crippen molar-refractivity contribution in [2.75, 3.05) is 48.7 Å². The zero-order valence-corrected chi connectivity index (χ0v) is 29.7. The van der Waals surface area contributed by atoms with Crippen LogP contribution in [0, 0.1) is 4.91 Å². The van der Waals surface area contributed by atoms with Gasteiger partial charge in [0.05, 0.1) is 10.6 Å². The van der Waals surface area contributed by atoms with Gasteiger partial charge in [-0.15, -0.1) is 16.7 Å². The molecule has 0 aliphatic carbocycles. The number of rotatable bonds is 13. The number of phenols is 1. The van der Waals surface area contributed by atoms with Crippen molar-refractivity contribution in [3.05, 3.63) is 137 Å². The largest absolute Gasteiger partial charge is 0.508 e. The minimum absolute atomic E-state index is 0.0586. The van der Waals surface area contributed by atoms with Crippen LogP contribution in [-0.2, 0) is 10.0 Å². The fourth-order valence-electron chi connectivity index (χ4n) is 6.06. The van der Waals surface area contributed by atoms with Gasteiger partial charge in [-0.2, -0.15) is 0 Å². The zero-order chi connectivity index (χ0) is 35.8. The third kappa shape index (κ3) is 8.95. The maximum absolute atomic E-state index is 13.1. The first-order valence-corrected chi connectivity index (χ1v) is 19.1. The van der Waals surface area contributed by atoms with Crippen LogP contribution in [0.3, 0.4) is 0 Å². The number of carbonyl (C=O) groups excluding carboxylic acids is 1. The van der Waals surface area contributed by atoms with E-state index < -0.39 is 15.9 Å². The van der Waals surface area contributed by atoms with Crippen LogP contribution in [0.15, 0.2) is 136 Å². The van der Waals surface area contributed by atoms with E-state index in [2.05, 4.69) is 56.2 Å². The number of thioether (sulfide) groups is 1. The Morgan fingerprint density at radius 3 is 2.25 bits per heavy atom. The number of nitroso groups, excluding NO2 is 1. The summed E-state index contributed by atoms with van der Waals surface area (Å²) < 4.78 is 28.3. The van der Waals surface area contributed by atoms with E-state index in [1.54, 1.807) is 36.0 Å². The van der Waals surface area contributed by atoms with Gasteiger partial charge in [-0.1, -0.05) is 54.6 Å². The van der Waals surface area contributed by atoms with E-state index in [1.807, 2.05) is 54.6 Å². The summed E-state index contributed by atoms with van der Waals surface area (Å²) in [5, 5.41) is 15.9. The molecular formula is C39H39N5O5S2. The average Bonchev–Trinajstić information content (AvgIpc) is 3.16. The van der Waals surface area contributed by atoms with Gasteiger partial charge >= 0.3 is 0 Å². The topological polar surface area (TPSA) is 131 Å². The minimum Gasteiger partial charge on any atom is -0.508 e. The number of carbonyl (C=O) groups is 1. The van der Waals surface area contributed by atoms with Crippen molar-refractivity contribution in [2.45, 2.75) is 22.8 Å². The molecule has 1 fully saturated rings. The third-order valence-corrected chi connectivity index (χ3v) is 11.3. The Labute approximate surface area is 302 Å². The first-order valence-electron chi connectivity index (χ1n) is 16.6. The van der Waals surface area contributed by atoms with Crippen molar-refractivity contribution in [3.8, 4) is 16.9 Å². The van der Waals surface area contributed by atoms with E-state index in [0.29, 0.717) is 12.2 Å². The molecule has 1 amide bonds. The Morgan fingerprint density at radius 2 is 1.57 bits per heavy atom. The van der Waals surface area contributed by atoms with Gasteiger partial charge < -0.3 is 15.3 Å². The van der Waals surface area contributed by atoms with Crippen LogP contribution in [0.4, 0.5) is 17.1 Å². The lowest BCUT2D eigenvalue weighted by Crippen LogP contribution is -2.47. The number of piperazine rings is 1. The summed E-state index contributed by atoms with van der Waals surface area (Å²) in [5.74, 6) is 0.208. The first-order chi connectivity index (χ1) is 24.7. The minimum atomic E-state index is -4.26. The van der Waals surface area contributed by atoms with Crippen LogP contribution in [-0.4, -0.2) is 62.8 Å². The number of phenolic OH excluding ortho intramolecular Hbond substituents is 1. The number of amides is 1. The monoisotopic (exact) mass is 721 g/mol. The summed E-state index contributed by atoms with van der Waals surface area (Å²) in [6, 6.07) is 36.7. The lowest BCUT2D eigenvalue weighted by Gasteiger charge is -2.39. The molecule has 3 N–H and O–H groups in total. The highest BCUT2D eigenvalue weighted by molar-refractivity contribution is 7.99. The van der Waals surface area contributed by atoms with E-state index in [9.17, 15) is 23.2 Å². The Kier molecular flexibility index (Phi) is 11.3. The molecule has 1 heterocycles. The molecule has 0 radical (unpaired) electrons. The van der Waals surface area contributed by atoms with E-state index in [4.69, 9.17) is 0 Å². The lowest BCUT2D eigenvalue weighted by atomic mass is 10.00. The SMILES string of the molecule is CC(c1ccc(-c2cccc(O)c2)cc1)N1CCN(c2ccc(C(=O)NS(=O)(=O)c3ccc(NCCSc4ccccc4)c(N=O)c3)cc2)CC1. The van der Waals surface area contributed by atoms with Crippen LogP contribution < -0.4 is 14.9 Å². The Hall–Kier alpha value is -5.17. The summed E-state index contributed by atoms with van der Waals surface area (Å²) in [7, 11) is -4.26. The van der Waals surface area contributed by atoms with Crippen molar-refractivity contribution in [2.24, 2.45) is 5.18 Å². The molecule has 0 spiro atoms. The highest BCUT2D eigenvalue weighted by atomic mass is 32.2. The molecule has 0 aromatic heterocycles. The predicted molar refractivity (Wildman–Crippen MR) is 204 cm³/mol. The number of hydrogen-bond donors (Lipinski definition) is 3. The maximum Gasteiger partial charge on any atom is 0.264 e. The number of nitrogens with one attached hydrogen (secondary N) is 2. The summed E-state index contributed by atoms with van der Waals surface area (Å²) in [6.07, 6.45) is 0. The molecular weight excluding hydrogens is 683 g/mol. The number of anilines is 2. The van der Waals surface area contributed by atoms with Crippen LogP contribution in [0.5, 0.6) is 5.75 Å². The summed E-state index contributed by atoms with van der Waals surface area (Å²) in [6.45, 7) is 6.05. The van der Waals surface area contributed by atoms with E-state index >= 15 is 0 Å². The van der Waals surface area contributed by atoms with E-state index in [0.717, 1.165) is 59.7 Å². The number of hydrogen-bond acceptors (Lipinski definition) is 10. The number of aromatic hydroxyl groups is 1. The van der Waals surface area contributed by atoms with Crippen molar-refractivity contribution in [3.63, 3.8) is 0 Å². The van der Waals surface area contributed by atoms with Crippen LogP contribution >= 0.6 is 11.8 Å². The molecule has 0 saturated carbocycles. The van der Waals surface area contributed by atoms with Crippen molar-refractivity contribution in [1.29, 1.82) is 0 Å².